The van der Waals surface area contributed by atoms with Gasteiger partial charge in [0.2, 0.25) is 0 Å². The van der Waals surface area contributed by atoms with Crippen LogP contribution in [0.3, 0.4) is 0 Å². The van der Waals surface area contributed by atoms with Gasteiger partial charge in [-0.2, -0.15) is 5.10 Å². The van der Waals surface area contributed by atoms with Crippen LogP contribution in [0.2, 0.25) is 0 Å². The monoisotopic (exact) mass is 350 g/mol. The number of aromatic amines is 1. The van der Waals surface area contributed by atoms with Crippen LogP contribution in [0.1, 0.15) is 18.2 Å². The summed E-state index contributed by atoms with van der Waals surface area (Å²) in [5.41, 5.74) is 3.37. The molecule has 1 aromatic carbocycles. The molecule has 0 bridgehead atoms. The zero-order valence-corrected chi connectivity index (χ0v) is 15.1. The van der Waals surface area contributed by atoms with Crippen molar-refractivity contribution in [1.29, 1.82) is 0 Å². The molecule has 0 unspecified atom stereocenters. The van der Waals surface area contributed by atoms with Crippen LogP contribution in [0, 0.1) is 18.8 Å². The number of hydrogen-bond acceptors (Lipinski definition) is 4. The molecule has 0 spiro atoms. The molecule has 0 radical (unpaired) electrons. The van der Waals surface area contributed by atoms with Crippen LogP contribution in [-0.4, -0.2) is 52.5 Å². The van der Waals surface area contributed by atoms with Crippen LogP contribution in [0.25, 0.3) is 21.8 Å². The van der Waals surface area contributed by atoms with Gasteiger partial charge in [-0.1, -0.05) is 11.8 Å². The maximum Gasteiger partial charge on any atom is 0.262 e. The Morgan fingerprint density at radius 1 is 1.31 bits per heavy atom. The Morgan fingerprint density at radius 2 is 2.12 bits per heavy atom. The number of aryl methyl sites for hydroxylation is 2. The number of aromatic nitrogens is 3. The summed E-state index contributed by atoms with van der Waals surface area (Å²) in [6, 6.07) is 5.99. The highest BCUT2D eigenvalue weighted by Crippen LogP contribution is 2.23. The largest absolute Gasteiger partial charge is 0.379 e. The molecule has 0 saturated carbocycles. The van der Waals surface area contributed by atoms with Crippen LogP contribution in [0.15, 0.2) is 23.0 Å². The minimum Gasteiger partial charge on any atom is -0.379 e. The summed E-state index contributed by atoms with van der Waals surface area (Å²) >= 11 is 0. The predicted octanol–water partition coefficient (Wildman–Crippen LogP) is 1.89. The molecular weight excluding hydrogens is 328 g/mol. The Labute approximate surface area is 151 Å². The van der Waals surface area contributed by atoms with Crippen molar-refractivity contribution in [2.24, 2.45) is 0 Å². The van der Waals surface area contributed by atoms with E-state index in [4.69, 9.17) is 4.74 Å². The molecule has 134 valence electrons. The number of H-pyrrole nitrogens is 1. The standard InChI is InChI=1S/C20H22N4O2/c1-3-24-17-7-6-15(5-4-8-23-9-11-26-12-10-23)13-16(17)19-18(20(24)25)14(2)21-22-19/h6-7,13H,3,8-12H2,1-2H3,(H,21,22). The van der Waals surface area contributed by atoms with Crippen LogP contribution < -0.4 is 5.56 Å². The average Bonchev–Trinajstić information content (AvgIpc) is 3.06. The lowest BCUT2D eigenvalue weighted by Crippen LogP contribution is -2.36. The summed E-state index contributed by atoms with van der Waals surface area (Å²) < 4.78 is 7.16. The van der Waals surface area contributed by atoms with Gasteiger partial charge in [-0.25, -0.2) is 0 Å². The second kappa shape index (κ2) is 6.94. The number of pyridine rings is 1. The number of morpholine rings is 1. The summed E-state index contributed by atoms with van der Waals surface area (Å²) in [6.07, 6.45) is 0. The van der Waals surface area contributed by atoms with E-state index in [0.29, 0.717) is 11.9 Å². The predicted molar refractivity (Wildman–Crippen MR) is 102 cm³/mol. The Kier molecular flexibility index (Phi) is 4.49. The van der Waals surface area contributed by atoms with Crippen LogP contribution in [0.5, 0.6) is 0 Å². The van der Waals surface area contributed by atoms with Gasteiger partial charge < -0.3 is 9.30 Å². The summed E-state index contributed by atoms with van der Waals surface area (Å²) in [5.74, 6) is 6.50. The van der Waals surface area contributed by atoms with Crippen molar-refractivity contribution in [2.75, 3.05) is 32.8 Å². The molecule has 6 nitrogen and oxygen atoms in total. The normalized spacial score (nSPS) is 15.3. The van der Waals surface area contributed by atoms with Crippen LogP contribution in [-0.2, 0) is 11.3 Å². The lowest BCUT2D eigenvalue weighted by atomic mass is 10.1. The third-order valence-corrected chi connectivity index (χ3v) is 4.90. The van der Waals surface area contributed by atoms with E-state index >= 15 is 0 Å². The van der Waals surface area contributed by atoms with E-state index in [2.05, 4.69) is 26.9 Å². The number of benzene rings is 1. The van der Waals surface area contributed by atoms with Crippen LogP contribution >= 0.6 is 0 Å². The molecule has 3 aromatic rings. The van der Waals surface area contributed by atoms with E-state index in [9.17, 15) is 4.79 Å². The van der Waals surface area contributed by atoms with E-state index in [1.54, 1.807) is 4.57 Å². The van der Waals surface area contributed by atoms with Crippen molar-refractivity contribution < 1.29 is 4.74 Å². The van der Waals surface area contributed by atoms with Gasteiger partial charge in [0.15, 0.2) is 0 Å². The molecule has 0 atom stereocenters. The van der Waals surface area contributed by atoms with Crippen molar-refractivity contribution in [2.45, 2.75) is 20.4 Å². The van der Waals surface area contributed by atoms with Gasteiger partial charge in [-0.05, 0) is 32.0 Å². The van der Waals surface area contributed by atoms with Gasteiger partial charge >= 0.3 is 0 Å². The first-order chi connectivity index (χ1) is 12.7. The quantitative estimate of drug-likeness (QED) is 0.717. The van der Waals surface area contributed by atoms with Gasteiger partial charge in [0.25, 0.3) is 5.56 Å². The summed E-state index contributed by atoms with van der Waals surface area (Å²) in [6.45, 7) is 8.66. The van der Waals surface area contributed by atoms with Crippen molar-refractivity contribution >= 4 is 21.8 Å². The van der Waals surface area contributed by atoms with Crippen LogP contribution in [0.4, 0.5) is 0 Å². The molecule has 1 fully saturated rings. The maximum atomic E-state index is 12.7. The molecule has 1 N–H and O–H groups in total. The summed E-state index contributed by atoms with van der Waals surface area (Å²) in [7, 11) is 0. The highest BCUT2D eigenvalue weighted by Gasteiger charge is 2.14. The number of nitrogens with zero attached hydrogens (tertiary/aromatic N) is 3. The fourth-order valence-corrected chi connectivity index (χ4v) is 3.50. The molecular formula is C20H22N4O2. The first-order valence-electron chi connectivity index (χ1n) is 8.99. The molecule has 0 amide bonds. The molecule has 4 rings (SSSR count). The van der Waals surface area contributed by atoms with Gasteiger partial charge in [0.1, 0.15) is 5.52 Å². The number of nitrogens with one attached hydrogen (secondary N) is 1. The van der Waals surface area contributed by atoms with Gasteiger partial charge in [0, 0.05) is 36.3 Å². The molecule has 0 aliphatic carbocycles. The molecule has 2 aromatic heterocycles. The summed E-state index contributed by atoms with van der Waals surface area (Å²) in [4.78, 5) is 15.0. The lowest BCUT2D eigenvalue weighted by Gasteiger charge is -2.24. The van der Waals surface area contributed by atoms with E-state index in [1.807, 2.05) is 32.0 Å². The smallest absolute Gasteiger partial charge is 0.262 e. The van der Waals surface area contributed by atoms with Gasteiger partial charge in [-0.3, -0.25) is 14.8 Å². The van der Waals surface area contributed by atoms with Crippen molar-refractivity contribution in [3.8, 4) is 11.8 Å². The number of rotatable bonds is 2. The number of ether oxygens (including phenoxy) is 1. The van der Waals surface area contributed by atoms with Crippen molar-refractivity contribution in [3.05, 3.63) is 39.8 Å². The molecule has 6 heteroatoms. The highest BCUT2D eigenvalue weighted by molar-refractivity contribution is 6.04. The average molecular weight is 350 g/mol. The second-order valence-corrected chi connectivity index (χ2v) is 6.54. The zero-order valence-electron chi connectivity index (χ0n) is 15.1. The Bertz CT molecular complexity index is 1080. The van der Waals surface area contributed by atoms with Gasteiger partial charge in [0.05, 0.1) is 30.7 Å². The molecule has 3 heterocycles. The Morgan fingerprint density at radius 3 is 2.88 bits per heavy atom. The minimum atomic E-state index is 0.00685. The van der Waals surface area contributed by atoms with E-state index in [-0.39, 0.29) is 5.56 Å². The first kappa shape index (κ1) is 16.8. The molecule has 26 heavy (non-hydrogen) atoms. The third kappa shape index (κ3) is 2.90. The highest BCUT2D eigenvalue weighted by atomic mass is 16.5. The first-order valence-corrected chi connectivity index (χ1v) is 8.99. The number of fused-ring (bicyclic) bond motifs is 3. The van der Waals surface area contributed by atoms with E-state index in [1.165, 1.54) is 0 Å². The fourth-order valence-electron chi connectivity index (χ4n) is 3.50. The molecule has 1 aliphatic rings. The third-order valence-electron chi connectivity index (χ3n) is 4.90. The van der Waals surface area contributed by atoms with Crippen molar-refractivity contribution in [3.63, 3.8) is 0 Å². The second-order valence-electron chi connectivity index (χ2n) is 6.54. The molecule has 1 saturated heterocycles. The Balaban J connectivity index is 1.76. The SMILES string of the molecule is CCn1c(=O)c2c(C)[nH]nc2c2cc(C#CCN3CCOCC3)ccc21. The van der Waals surface area contributed by atoms with Crippen molar-refractivity contribution in [1.82, 2.24) is 19.7 Å². The maximum absolute atomic E-state index is 12.7. The summed E-state index contributed by atoms with van der Waals surface area (Å²) in [5, 5.41) is 8.94. The number of hydrogen-bond donors (Lipinski definition) is 1. The zero-order chi connectivity index (χ0) is 18.1. The minimum absolute atomic E-state index is 0.00685. The topological polar surface area (TPSA) is 63.2 Å². The van der Waals surface area contributed by atoms with E-state index in [0.717, 1.165) is 60.5 Å². The van der Waals surface area contributed by atoms with E-state index < -0.39 is 0 Å². The lowest BCUT2D eigenvalue weighted by molar-refractivity contribution is 0.0443. The van der Waals surface area contributed by atoms with Gasteiger partial charge in [-0.15, -0.1) is 0 Å². The Hall–Kier alpha value is -2.62. The molecule has 1 aliphatic heterocycles. The fraction of sp³-hybridized carbons (Fsp3) is 0.400.